The van der Waals surface area contributed by atoms with Crippen molar-refractivity contribution < 1.29 is 18.3 Å². The molecule has 1 aromatic carbocycles. The van der Waals surface area contributed by atoms with Gasteiger partial charge in [0.2, 0.25) is 0 Å². The van der Waals surface area contributed by atoms with E-state index in [2.05, 4.69) is 15.9 Å². The molecule has 17 heavy (non-hydrogen) atoms. The summed E-state index contributed by atoms with van der Waals surface area (Å²) in [7, 11) is 0. The zero-order valence-electron chi connectivity index (χ0n) is 9.64. The maximum absolute atomic E-state index is 13.4. The topological polar surface area (TPSA) is 18.5 Å². The molecule has 1 rings (SSSR count). The Morgan fingerprint density at radius 3 is 2.29 bits per heavy atom. The molecule has 0 aliphatic heterocycles. The molecule has 0 saturated carbocycles. The number of ether oxygens (including phenoxy) is 2. The van der Waals surface area contributed by atoms with E-state index in [9.17, 15) is 8.78 Å². The number of rotatable bonds is 7. The van der Waals surface area contributed by atoms with Crippen LogP contribution in [0.2, 0.25) is 0 Å². The van der Waals surface area contributed by atoms with E-state index in [1.807, 2.05) is 6.92 Å². The fourth-order valence-corrected chi connectivity index (χ4v) is 1.60. The summed E-state index contributed by atoms with van der Waals surface area (Å²) in [4.78, 5) is 0. The molecular weight excluding hydrogens is 294 g/mol. The monoisotopic (exact) mass is 308 g/mol. The van der Waals surface area contributed by atoms with Gasteiger partial charge in [0.05, 0.1) is 6.61 Å². The first kappa shape index (κ1) is 14.4. The molecule has 0 heterocycles. The van der Waals surface area contributed by atoms with Crippen molar-refractivity contribution >= 4 is 15.9 Å². The molecule has 0 aliphatic carbocycles. The SMILES string of the molecule is CCCOCCOc1c(F)cc(CBr)cc1F. The second-order valence-electron chi connectivity index (χ2n) is 3.48. The highest BCUT2D eigenvalue weighted by molar-refractivity contribution is 9.08. The summed E-state index contributed by atoms with van der Waals surface area (Å²) in [5.41, 5.74) is 0.537. The van der Waals surface area contributed by atoms with Crippen LogP contribution in [0.5, 0.6) is 5.75 Å². The molecule has 0 amide bonds. The zero-order valence-corrected chi connectivity index (χ0v) is 11.2. The first-order valence-corrected chi connectivity index (χ1v) is 6.55. The van der Waals surface area contributed by atoms with E-state index in [0.717, 1.165) is 6.42 Å². The van der Waals surface area contributed by atoms with Gasteiger partial charge in [-0.05, 0) is 24.1 Å². The lowest BCUT2D eigenvalue weighted by atomic mass is 10.2. The predicted molar refractivity (Wildman–Crippen MR) is 65.6 cm³/mol. The van der Waals surface area contributed by atoms with E-state index in [1.165, 1.54) is 12.1 Å². The first-order chi connectivity index (χ1) is 8.19. The molecule has 0 atom stereocenters. The Hall–Kier alpha value is -0.680. The van der Waals surface area contributed by atoms with Crippen molar-refractivity contribution in [2.75, 3.05) is 19.8 Å². The molecule has 2 nitrogen and oxygen atoms in total. The molecule has 1 aromatic rings. The second kappa shape index (κ2) is 7.61. The van der Waals surface area contributed by atoms with Crippen LogP contribution in [0.15, 0.2) is 12.1 Å². The lowest BCUT2D eigenvalue weighted by Crippen LogP contribution is -2.09. The Kier molecular flexibility index (Phi) is 6.44. The summed E-state index contributed by atoms with van der Waals surface area (Å²) < 4.78 is 37.1. The first-order valence-electron chi connectivity index (χ1n) is 5.43. The Balaban J connectivity index is 2.53. The van der Waals surface area contributed by atoms with Crippen LogP contribution in [-0.2, 0) is 10.1 Å². The lowest BCUT2D eigenvalue weighted by molar-refractivity contribution is 0.0975. The summed E-state index contributed by atoms with van der Waals surface area (Å²) in [6.07, 6.45) is 0.905. The van der Waals surface area contributed by atoms with Crippen LogP contribution in [-0.4, -0.2) is 19.8 Å². The molecule has 0 radical (unpaired) electrons. The summed E-state index contributed by atoms with van der Waals surface area (Å²) in [5.74, 6) is -1.71. The fraction of sp³-hybridized carbons (Fsp3) is 0.500. The number of hydrogen-bond donors (Lipinski definition) is 0. The van der Waals surface area contributed by atoms with Gasteiger partial charge in [-0.25, -0.2) is 8.78 Å². The largest absolute Gasteiger partial charge is 0.485 e. The van der Waals surface area contributed by atoms with Crippen LogP contribution in [0.1, 0.15) is 18.9 Å². The number of alkyl halides is 1. The van der Waals surface area contributed by atoms with Gasteiger partial charge in [0, 0.05) is 11.9 Å². The number of hydrogen-bond acceptors (Lipinski definition) is 2. The van der Waals surface area contributed by atoms with Gasteiger partial charge in [-0.15, -0.1) is 0 Å². The number of benzene rings is 1. The summed E-state index contributed by atoms with van der Waals surface area (Å²) in [6.45, 7) is 3.07. The molecule has 0 unspecified atom stereocenters. The Morgan fingerprint density at radius 1 is 1.12 bits per heavy atom. The van der Waals surface area contributed by atoms with Crippen molar-refractivity contribution in [1.82, 2.24) is 0 Å². The zero-order chi connectivity index (χ0) is 12.7. The Morgan fingerprint density at radius 2 is 1.76 bits per heavy atom. The van der Waals surface area contributed by atoms with Gasteiger partial charge in [-0.1, -0.05) is 22.9 Å². The fourth-order valence-electron chi connectivity index (χ4n) is 1.28. The highest BCUT2D eigenvalue weighted by atomic mass is 79.9. The van der Waals surface area contributed by atoms with Gasteiger partial charge in [0.15, 0.2) is 17.4 Å². The van der Waals surface area contributed by atoms with Gasteiger partial charge in [0.1, 0.15) is 6.61 Å². The van der Waals surface area contributed by atoms with Crippen LogP contribution >= 0.6 is 15.9 Å². The third-order valence-corrected chi connectivity index (χ3v) is 2.68. The molecule has 96 valence electrons. The van der Waals surface area contributed by atoms with Crippen LogP contribution < -0.4 is 4.74 Å². The van der Waals surface area contributed by atoms with Gasteiger partial charge < -0.3 is 9.47 Å². The van der Waals surface area contributed by atoms with Crippen molar-refractivity contribution in [1.29, 1.82) is 0 Å². The minimum absolute atomic E-state index is 0.140. The van der Waals surface area contributed by atoms with Gasteiger partial charge >= 0.3 is 0 Å². The summed E-state index contributed by atoms with van der Waals surface area (Å²) in [6, 6.07) is 2.50. The van der Waals surface area contributed by atoms with E-state index in [-0.39, 0.29) is 12.4 Å². The van der Waals surface area contributed by atoms with E-state index in [0.29, 0.717) is 24.1 Å². The normalized spacial score (nSPS) is 10.6. The highest BCUT2D eigenvalue weighted by Gasteiger charge is 2.12. The molecule has 0 bridgehead atoms. The van der Waals surface area contributed by atoms with Crippen LogP contribution in [0.4, 0.5) is 8.78 Å². The third kappa shape index (κ3) is 4.60. The average molecular weight is 309 g/mol. The van der Waals surface area contributed by atoms with Gasteiger partial charge in [0.25, 0.3) is 0 Å². The van der Waals surface area contributed by atoms with E-state index < -0.39 is 11.6 Å². The maximum atomic E-state index is 13.4. The van der Waals surface area contributed by atoms with Crippen molar-refractivity contribution in [3.8, 4) is 5.75 Å². The molecular formula is C12H15BrF2O2. The van der Waals surface area contributed by atoms with Crippen molar-refractivity contribution in [2.45, 2.75) is 18.7 Å². The maximum Gasteiger partial charge on any atom is 0.190 e. The molecule has 0 aliphatic rings. The molecule has 5 heteroatoms. The van der Waals surface area contributed by atoms with Crippen LogP contribution in [0, 0.1) is 11.6 Å². The lowest BCUT2D eigenvalue weighted by Gasteiger charge is -2.09. The van der Waals surface area contributed by atoms with Gasteiger partial charge in [-0.2, -0.15) is 0 Å². The average Bonchev–Trinajstić information content (AvgIpc) is 2.31. The smallest absolute Gasteiger partial charge is 0.190 e. The molecule has 0 N–H and O–H groups in total. The molecule has 0 fully saturated rings. The van der Waals surface area contributed by atoms with Crippen LogP contribution in [0.3, 0.4) is 0 Å². The minimum atomic E-state index is -0.685. The predicted octanol–water partition coefficient (Wildman–Crippen LogP) is 3.67. The molecule has 0 aromatic heterocycles. The Labute approximate surface area is 108 Å². The van der Waals surface area contributed by atoms with Crippen molar-refractivity contribution in [2.24, 2.45) is 0 Å². The molecule has 0 spiro atoms. The van der Waals surface area contributed by atoms with Gasteiger partial charge in [-0.3, -0.25) is 0 Å². The highest BCUT2D eigenvalue weighted by Crippen LogP contribution is 2.24. The Bertz CT molecular complexity index is 335. The summed E-state index contributed by atoms with van der Waals surface area (Å²) in [5, 5.41) is 0.404. The van der Waals surface area contributed by atoms with E-state index in [1.54, 1.807) is 0 Å². The standard InChI is InChI=1S/C12H15BrF2O2/c1-2-3-16-4-5-17-12-10(14)6-9(8-13)7-11(12)15/h6-7H,2-5,8H2,1H3. The van der Waals surface area contributed by atoms with Crippen LogP contribution in [0.25, 0.3) is 0 Å². The third-order valence-electron chi connectivity index (χ3n) is 2.03. The van der Waals surface area contributed by atoms with E-state index >= 15 is 0 Å². The second-order valence-corrected chi connectivity index (χ2v) is 4.04. The van der Waals surface area contributed by atoms with E-state index in [4.69, 9.17) is 9.47 Å². The van der Waals surface area contributed by atoms with Crippen molar-refractivity contribution in [3.05, 3.63) is 29.3 Å². The molecule has 0 saturated heterocycles. The van der Waals surface area contributed by atoms with Crippen molar-refractivity contribution in [3.63, 3.8) is 0 Å². The number of halogens is 3. The minimum Gasteiger partial charge on any atom is -0.485 e. The quantitative estimate of drug-likeness (QED) is 0.565. The summed E-state index contributed by atoms with van der Waals surface area (Å²) >= 11 is 3.14.